The maximum Gasteiger partial charge on any atom is 0 e. The van der Waals surface area contributed by atoms with Crippen LogP contribution in [-0.2, 0) is 31.9 Å². The van der Waals surface area contributed by atoms with Crippen molar-refractivity contribution in [1.29, 1.82) is 0 Å². The molecule has 0 amide bonds. The Bertz CT molecular complexity index is 2940. The van der Waals surface area contributed by atoms with E-state index >= 15 is 0 Å². The summed E-state index contributed by atoms with van der Waals surface area (Å²) in [7, 11) is 0. The summed E-state index contributed by atoms with van der Waals surface area (Å²) in [6.45, 7) is 15.6. The number of hydrogen-bond acceptors (Lipinski definition) is 6. The van der Waals surface area contributed by atoms with Gasteiger partial charge in [0.15, 0.2) is 0 Å². The zero-order valence-electron chi connectivity index (χ0n) is 36.0. The van der Waals surface area contributed by atoms with Crippen LogP contribution in [0.15, 0.2) is 164 Å². The summed E-state index contributed by atoms with van der Waals surface area (Å²) < 4.78 is 8.84. The van der Waals surface area contributed by atoms with Crippen molar-refractivity contribution in [2.24, 2.45) is 0 Å². The fraction of sp³-hybridized carbons (Fsp3) is 0.145. The predicted octanol–water partition coefficient (Wildman–Crippen LogP) is 12.6. The van der Waals surface area contributed by atoms with Gasteiger partial charge in [0.1, 0.15) is 0 Å². The van der Waals surface area contributed by atoms with Gasteiger partial charge in [-0.15, -0.1) is 0 Å². The third kappa shape index (κ3) is 8.22. The number of pyridine rings is 2. The number of aromatic nitrogens is 2. The van der Waals surface area contributed by atoms with Crippen molar-refractivity contribution in [3.8, 4) is 33.8 Å². The predicted molar refractivity (Wildman–Crippen MR) is 256 cm³/mol. The van der Waals surface area contributed by atoms with Crippen LogP contribution >= 0.6 is 0 Å². The molecule has 0 aliphatic carbocycles. The summed E-state index contributed by atoms with van der Waals surface area (Å²) in [5.74, 6) is 1.91. The summed E-state index contributed by atoms with van der Waals surface area (Å²) in [5.41, 5.74) is 13.1. The van der Waals surface area contributed by atoms with E-state index in [1.165, 1.54) is 15.6 Å². The Labute approximate surface area is 392 Å². The molecule has 8 heteroatoms. The summed E-state index contributed by atoms with van der Waals surface area (Å²) >= 11 is -0.00907. The molecule has 0 unspecified atom stereocenters. The van der Waals surface area contributed by atoms with Gasteiger partial charge >= 0.3 is 241 Å². The molecule has 0 spiro atoms. The zero-order chi connectivity index (χ0) is 42.6. The molecule has 4 heterocycles. The van der Waals surface area contributed by atoms with Crippen LogP contribution in [0.25, 0.3) is 22.3 Å². The molecule has 0 radical (unpaired) electrons. The van der Waals surface area contributed by atoms with Gasteiger partial charge in [0.25, 0.3) is 0 Å². The Kier molecular flexibility index (Phi) is 11.4. The second-order valence-electron chi connectivity index (χ2n) is 17.7. The molecule has 2 aromatic heterocycles. The van der Waals surface area contributed by atoms with E-state index in [1.54, 1.807) is 6.20 Å². The van der Waals surface area contributed by atoms with Crippen molar-refractivity contribution < 1.29 is 25.8 Å². The first-order chi connectivity index (χ1) is 30.0. The number of hydrogen-bond donors (Lipinski definition) is 0. The molecule has 0 saturated heterocycles. The Morgan fingerprint density at radius 2 is 1.21 bits per heavy atom. The van der Waals surface area contributed by atoms with Gasteiger partial charge in [-0.3, -0.25) is 0 Å². The van der Waals surface area contributed by atoms with Crippen molar-refractivity contribution in [2.45, 2.75) is 52.4 Å². The molecule has 8 aromatic rings. The number of anilines is 7. The Morgan fingerprint density at radius 3 is 1.92 bits per heavy atom. The summed E-state index contributed by atoms with van der Waals surface area (Å²) in [6.07, 6.45) is 3.67. The van der Waals surface area contributed by atoms with Crippen LogP contribution in [0.1, 0.15) is 52.7 Å². The normalized spacial score (nSPS) is 13.2. The van der Waals surface area contributed by atoms with Gasteiger partial charge in [0.05, 0.1) is 0 Å². The molecule has 6 aromatic carbocycles. The molecule has 0 fully saturated rings. The largest absolute Gasteiger partial charge is 0.0579 e. The van der Waals surface area contributed by atoms with Gasteiger partial charge in [-0.25, -0.2) is 0 Å². The van der Waals surface area contributed by atoms with E-state index in [2.05, 4.69) is 215 Å². The summed E-state index contributed by atoms with van der Waals surface area (Å²) in [5, 5.41) is 0. The minimum Gasteiger partial charge on any atom is -0.0579 e. The van der Waals surface area contributed by atoms with E-state index in [0.29, 0.717) is 11.5 Å². The molecule has 0 N–H and O–H groups in total. The Balaban J connectivity index is 0.00000504. The standard InChI is InChI=1S/C55H46N5OSe.Pt/c1-54(2,3)39-28-26-38(27-29-39)45-21-15-20-44(37-16-8-7-9-17-37)52(45)59-36-58(46-22-10-11-23-47(46)59)41-18-14-19-42(33-41)61-43-34-49-53(57-35-43)62-50-25-13-12-24-48(50)60(49)51-32-40(30-31-56-51)55(4,5)6;/h7-32,35-36H,1-6H3;/q-3;. The van der Waals surface area contributed by atoms with E-state index < -0.39 is 0 Å². The van der Waals surface area contributed by atoms with Gasteiger partial charge in [-0.1, -0.05) is 99.6 Å². The molecule has 63 heavy (non-hydrogen) atoms. The van der Waals surface area contributed by atoms with Crippen molar-refractivity contribution >= 4 is 64.0 Å². The molecule has 316 valence electrons. The van der Waals surface area contributed by atoms with E-state index in [0.717, 1.165) is 66.8 Å². The molecular formula is C55H46N5OPtSe-3. The third-order valence-electron chi connectivity index (χ3n) is 11.4. The van der Waals surface area contributed by atoms with Gasteiger partial charge in [0.2, 0.25) is 0 Å². The fourth-order valence-electron chi connectivity index (χ4n) is 8.13. The zero-order valence-corrected chi connectivity index (χ0v) is 40.0. The maximum atomic E-state index is 6.61. The monoisotopic (exact) mass is 1070 g/mol. The van der Waals surface area contributed by atoms with Crippen LogP contribution in [0.5, 0.6) is 11.5 Å². The van der Waals surface area contributed by atoms with Crippen LogP contribution in [0.2, 0.25) is 0 Å². The first-order valence-electron chi connectivity index (χ1n) is 21.0. The topological polar surface area (TPSA) is 44.7 Å². The Morgan fingerprint density at radius 1 is 0.571 bits per heavy atom. The molecule has 0 bridgehead atoms. The Hall–Kier alpha value is -5.97. The summed E-state index contributed by atoms with van der Waals surface area (Å²) in [6, 6.07) is 60.9. The first-order valence-corrected chi connectivity index (χ1v) is 22.7. The second kappa shape index (κ2) is 17.0. The van der Waals surface area contributed by atoms with Gasteiger partial charge in [-0.2, -0.15) is 0 Å². The summed E-state index contributed by atoms with van der Waals surface area (Å²) in [4.78, 5) is 16.5. The molecule has 0 saturated carbocycles. The SMILES string of the molecule is CC(C)(C)c1ccc(-c2cccc(-c3ccccc3)c2N2[CH-]N(c3[c-]c(Oc4[c-]c5c(nc4)[Se]c4ccccc4N5c4cc(C(C)(C)C)ccn4)ccc3)c3ccccc32)cc1.[Pt]. The third-order valence-corrected chi connectivity index (χ3v) is 13.6. The van der Waals surface area contributed by atoms with E-state index in [-0.39, 0.29) is 46.9 Å². The van der Waals surface area contributed by atoms with E-state index in [1.807, 2.05) is 18.3 Å². The number of nitrogens with zero attached hydrogens (tertiary/aromatic N) is 5. The second-order valence-corrected chi connectivity index (χ2v) is 19.9. The van der Waals surface area contributed by atoms with Gasteiger partial charge < -0.3 is 0 Å². The number of rotatable bonds is 7. The van der Waals surface area contributed by atoms with Gasteiger partial charge in [-0.05, 0) is 22.1 Å². The minimum atomic E-state index is -0.0379. The molecule has 6 nitrogen and oxygen atoms in total. The van der Waals surface area contributed by atoms with E-state index in [4.69, 9.17) is 14.7 Å². The van der Waals surface area contributed by atoms with E-state index in [9.17, 15) is 0 Å². The van der Waals surface area contributed by atoms with Crippen LogP contribution in [-0.4, -0.2) is 24.9 Å². The number of benzene rings is 6. The minimum absolute atomic E-state index is 0. The molecule has 0 atom stereocenters. The van der Waals surface area contributed by atoms with Crippen LogP contribution in [0.4, 0.5) is 39.9 Å². The average molecular weight is 1070 g/mol. The number of para-hydroxylation sites is 4. The van der Waals surface area contributed by atoms with Crippen molar-refractivity contribution in [3.05, 3.63) is 194 Å². The molecular weight excluding hydrogens is 1020 g/mol. The average Bonchev–Trinajstić information content (AvgIpc) is 3.67. The number of fused-ring (bicyclic) bond motifs is 3. The molecule has 2 aliphatic heterocycles. The van der Waals surface area contributed by atoms with Crippen molar-refractivity contribution in [2.75, 3.05) is 14.7 Å². The van der Waals surface area contributed by atoms with Crippen LogP contribution in [0.3, 0.4) is 0 Å². The molecule has 10 rings (SSSR count). The van der Waals surface area contributed by atoms with Crippen molar-refractivity contribution in [3.63, 3.8) is 0 Å². The maximum absolute atomic E-state index is 6.61. The fourth-order valence-corrected chi connectivity index (χ4v) is 10.2. The van der Waals surface area contributed by atoms with Crippen LogP contribution in [0, 0.1) is 18.8 Å². The van der Waals surface area contributed by atoms with Crippen LogP contribution < -0.4 is 28.5 Å². The number of ether oxygens (including phenoxy) is 1. The smallest absolute Gasteiger partial charge is 0 e. The quantitative estimate of drug-likeness (QED) is 0.117. The first kappa shape index (κ1) is 42.3. The van der Waals surface area contributed by atoms with Crippen molar-refractivity contribution in [1.82, 2.24) is 9.97 Å². The molecule has 2 aliphatic rings. The van der Waals surface area contributed by atoms with Gasteiger partial charge in [0, 0.05) is 32.2 Å².